The number of carbonyl (C=O) groups is 2. The number of anilines is 1. The molecule has 0 spiro atoms. The van der Waals surface area contributed by atoms with Gasteiger partial charge in [0.25, 0.3) is 5.91 Å². The number of aryl methyl sites for hydroxylation is 1. The van der Waals surface area contributed by atoms with Crippen molar-refractivity contribution >= 4 is 23.6 Å². The highest BCUT2D eigenvalue weighted by atomic mass is 16.5. The van der Waals surface area contributed by atoms with Crippen LogP contribution in [0.5, 0.6) is 5.75 Å². The van der Waals surface area contributed by atoms with E-state index in [2.05, 4.69) is 5.32 Å². The number of para-hydroxylation sites is 1. The van der Waals surface area contributed by atoms with Crippen LogP contribution in [0.15, 0.2) is 48.0 Å². The highest BCUT2D eigenvalue weighted by molar-refractivity contribution is 6.10. The molecule has 0 radical (unpaired) electrons. The number of benzene rings is 2. The van der Waals surface area contributed by atoms with Crippen molar-refractivity contribution in [1.29, 1.82) is 5.26 Å². The maximum atomic E-state index is 12.3. The van der Waals surface area contributed by atoms with Gasteiger partial charge in [0.1, 0.15) is 17.4 Å². The van der Waals surface area contributed by atoms with Crippen molar-refractivity contribution in [1.82, 2.24) is 0 Å². The van der Waals surface area contributed by atoms with Gasteiger partial charge in [-0.05, 0) is 42.3 Å². The van der Waals surface area contributed by atoms with Crippen LogP contribution in [0, 0.1) is 18.3 Å². The molecule has 0 bridgehead atoms. The Bertz CT molecular complexity index is 895. The lowest BCUT2D eigenvalue weighted by Crippen LogP contribution is -2.23. The molecule has 6 nitrogen and oxygen atoms in total. The Balaban J connectivity index is 2.33. The first kappa shape index (κ1) is 17.8. The van der Waals surface area contributed by atoms with Gasteiger partial charge in [-0.3, -0.25) is 4.79 Å². The van der Waals surface area contributed by atoms with Crippen LogP contribution >= 0.6 is 0 Å². The van der Waals surface area contributed by atoms with Gasteiger partial charge >= 0.3 is 0 Å². The van der Waals surface area contributed by atoms with Crippen LogP contribution in [0.4, 0.5) is 5.69 Å². The summed E-state index contributed by atoms with van der Waals surface area (Å²) in [7, 11) is 1.34. The van der Waals surface area contributed by atoms with E-state index >= 15 is 0 Å². The van der Waals surface area contributed by atoms with Crippen molar-refractivity contribution in [3.8, 4) is 11.8 Å². The maximum absolute atomic E-state index is 12.3. The van der Waals surface area contributed by atoms with Gasteiger partial charge in [0, 0.05) is 11.3 Å². The predicted molar refractivity (Wildman–Crippen MR) is 90.7 cm³/mol. The summed E-state index contributed by atoms with van der Waals surface area (Å²) in [6, 6.07) is 13.3. The number of carbonyl (C=O) groups excluding carboxylic acids is 2. The molecule has 1 N–H and O–H groups in total. The molecule has 0 aromatic heterocycles. The fourth-order valence-corrected chi connectivity index (χ4v) is 2.19. The van der Waals surface area contributed by atoms with E-state index in [1.807, 2.05) is 25.1 Å². The van der Waals surface area contributed by atoms with Gasteiger partial charge in [-0.2, -0.15) is 5.26 Å². The van der Waals surface area contributed by atoms with E-state index in [0.29, 0.717) is 11.3 Å². The SMILES string of the molecule is COc1ccc(/C=C(/C#N)C(=O)Nc2ccccc2C)cc1C(=O)[O-]. The van der Waals surface area contributed by atoms with Crippen molar-refractivity contribution in [2.24, 2.45) is 0 Å². The lowest BCUT2D eigenvalue weighted by molar-refractivity contribution is -0.255. The number of methoxy groups -OCH3 is 1. The quantitative estimate of drug-likeness (QED) is 0.664. The van der Waals surface area contributed by atoms with Crippen LogP contribution in [0.2, 0.25) is 0 Å². The molecule has 0 unspecified atom stereocenters. The number of nitriles is 1. The molecule has 0 aliphatic carbocycles. The second kappa shape index (κ2) is 7.79. The van der Waals surface area contributed by atoms with Crippen LogP contribution < -0.4 is 15.2 Å². The molecule has 0 saturated heterocycles. The summed E-state index contributed by atoms with van der Waals surface area (Å²) in [4.78, 5) is 23.4. The Morgan fingerprint density at radius 1 is 1.24 bits per heavy atom. The van der Waals surface area contributed by atoms with Crippen molar-refractivity contribution in [2.75, 3.05) is 12.4 Å². The molecular weight excluding hydrogens is 320 g/mol. The summed E-state index contributed by atoms with van der Waals surface area (Å²) in [6.45, 7) is 1.83. The summed E-state index contributed by atoms with van der Waals surface area (Å²) in [6.07, 6.45) is 1.31. The molecule has 25 heavy (non-hydrogen) atoms. The van der Waals surface area contributed by atoms with Gasteiger partial charge in [-0.25, -0.2) is 0 Å². The number of carboxylic acids is 1. The van der Waals surface area contributed by atoms with E-state index in [0.717, 1.165) is 5.56 Å². The number of aromatic carboxylic acids is 1. The molecule has 126 valence electrons. The average molecular weight is 335 g/mol. The minimum absolute atomic E-state index is 0.139. The number of nitrogens with zero attached hydrogens (tertiary/aromatic N) is 1. The number of hydrogen-bond acceptors (Lipinski definition) is 5. The van der Waals surface area contributed by atoms with E-state index in [1.165, 1.54) is 25.3 Å². The summed E-state index contributed by atoms with van der Waals surface area (Å²) in [5.41, 5.74) is 1.51. The van der Waals surface area contributed by atoms with Gasteiger partial charge in [-0.1, -0.05) is 24.3 Å². The minimum Gasteiger partial charge on any atom is -0.545 e. The fraction of sp³-hybridized carbons (Fsp3) is 0.105. The molecule has 0 atom stereocenters. The normalized spacial score (nSPS) is 10.7. The lowest BCUT2D eigenvalue weighted by Gasteiger charge is -2.10. The fourth-order valence-electron chi connectivity index (χ4n) is 2.19. The summed E-state index contributed by atoms with van der Waals surface area (Å²) < 4.78 is 4.95. The van der Waals surface area contributed by atoms with Crippen molar-refractivity contribution in [3.63, 3.8) is 0 Å². The standard InChI is InChI=1S/C19H16N2O4/c1-12-5-3-4-6-16(12)21-18(22)14(11-20)9-13-7-8-17(25-2)15(10-13)19(23)24/h3-10H,1-2H3,(H,21,22)(H,23,24)/p-1/b14-9-. The van der Waals surface area contributed by atoms with E-state index in [1.54, 1.807) is 18.2 Å². The molecule has 0 saturated carbocycles. The number of amides is 1. The first-order valence-corrected chi connectivity index (χ1v) is 7.34. The minimum atomic E-state index is -1.41. The molecule has 2 aromatic rings. The summed E-state index contributed by atoms with van der Waals surface area (Å²) >= 11 is 0. The monoisotopic (exact) mass is 335 g/mol. The first-order chi connectivity index (χ1) is 12.0. The Labute approximate surface area is 145 Å². The molecule has 0 fully saturated rings. The second-order valence-corrected chi connectivity index (χ2v) is 5.19. The van der Waals surface area contributed by atoms with Crippen molar-refractivity contribution in [3.05, 3.63) is 64.7 Å². The highest BCUT2D eigenvalue weighted by Gasteiger charge is 2.12. The largest absolute Gasteiger partial charge is 0.545 e. The van der Waals surface area contributed by atoms with Gasteiger partial charge in [0.2, 0.25) is 0 Å². The number of hydrogen-bond donors (Lipinski definition) is 1. The Hall–Kier alpha value is -3.59. The summed E-state index contributed by atoms with van der Waals surface area (Å²) in [5, 5.41) is 23.1. The highest BCUT2D eigenvalue weighted by Crippen LogP contribution is 2.21. The summed E-state index contributed by atoms with van der Waals surface area (Å²) in [5.74, 6) is -1.85. The zero-order chi connectivity index (χ0) is 18.4. The molecule has 0 heterocycles. The Morgan fingerprint density at radius 3 is 2.56 bits per heavy atom. The van der Waals surface area contributed by atoms with E-state index < -0.39 is 11.9 Å². The van der Waals surface area contributed by atoms with Gasteiger partial charge in [0.15, 0.2) is 0 Å². The third-order valence-electron chi connectivity index (χ3n) is 3.51. The number of nitrogens with one attached hydrogen (secondary N) is 1. The van der Waals surface area contributed by atoms with Crippen LogP contribution in [0.1, 0.15) is 21.5 Å². The van der Waals surface area contributed by atoms with Crippen LogP contribution in [-0.2, 0) is 4.79 Å². The smallest absolute Gasteiger partial charge is 0.266 e. The zero-order valence-electron chi connectivity index (χ0n) is 13.7. The molecule has 2 aromatic carbocycles. The third-order valence-corrected chi connectivity index (χ3v) is 3.51. The van der Waals surface area contributed by atoms with Gasteiger partial charge < -0.3 is 20.0 Å². The second-order valence-electron chi connectivity index (χ2n) is 5.19. The van der Waals surface area contributed by atoms with Crippen LogP contribution in [0.25, 0.3) is 6.08 Å². The van der Waals surface area contributed by atoms with Crippen molar-refractivity contribution < 1.29 is 19.4 Å². The Kier molecular flexibility index (Phi) is 5.54. The van der Waals surface area contributed by atoms with Crippen molar-refractivity contribution in [2.45, 2.75) is 6.92 Å². The van der Waals surface area contributed by atoms with E-state index in [4.69, 9.17) is 4.74 Å². The molecule has 1 amide bonds. The van der Waals surface area contributed by atoms with E-state index in [-0.39, 0.29) is 16.9 Å². The topological polar surface area (TPSA) is 102 Å². The zero-order valence-corrected chi connectivity index (χ0v) is 13.7. The number of carboxylic acid groups (broad SMARTS) is 1. The maximum Gasteiger partial charge on any atom is 0.266 e. The average Bonchev–Trinajstić information content (AvgIpc) is 2.61. The molecule has 2 rings (SSSR count). The number of rotatable bonds is 5. The van der Waals surface area contributed by atoms with Gasteiger partial charge in [-0.15, -0.1) is 0 Å². The molecule has 0 aliphatic rings. The third kappa shape index (κ3) is 4.24. The molecule has 6 heteroatoms. The van der Waals surface area contributed by atoms with Crippen LogP contribution in [0.3, 0.4) is 0 Å². The predicted octanol–water partition coefficient (Wildman–Crippen LogP) is 1.91. The number of ether oxygens (including phenoxy) is 1. The molecule has 0 aliphatic heterocycles. The van der Waals surface area contributed by atoms with Crippen LogP contribution in [-0.4, -0.2) is 19.0 Å². The lowest BCUT2D eigenvalue weighted by atomic mass is 10.1. The Morgan fingerprint density at radius 2 is 1.96 bits per heavy atom. The van der Waals surface area contributed by atoms with Gasteiger partial charge in [0.05, 0.1) is 13.1 Å². The molecular formula is C19H15N2O4-. The first-order valence-electron chi connectivity index (χ1n) is 7.34. The van der Waals surface area contributed by atoms with E-state index in [9.17, 15) is 20.0 Å².